The second-order valence-electron chi connectivity index (χ2n) is 3.42. The molecule has 54 valence electrons. The molecule has 1 unspecified atom stereocenters. The molecule has 1 rings (SSSR count). The number of hydrogen-bond donors (Lipinski definition) is 0. The Morgan fingerprint density at radius 2 is 2.00 bits per heavy atom. The van der Waals surface area contributed by atoms with Gasteiger partial charge in [0.2, 0.25) is 0 Å². The van der Waals surface area contributed by atoms with Gasteiger partial charge in [-0.05, 0) is 17.8 Å². The zero-order valence-electron chi connectivity index (χ0n) is 6.55. The molecule has 0 aromatic heterocycles. The number of hydrogen-bond acceptors (Lipinski definition) is 1. The first kappa shape index (κ1) is 7.07. The molecule has 0 saturated carbocycles. The van der Waals surface area contributed by atoms with Crippen LogP contribution in [0, 0.1) is 17.8 Å². The Hall–Kier alpha value is -0.0400. The fraction of sp³-hybridized carbons (Fsp3) is 1.00. The summed E-state index contributed by atoms with van der Waals surface area (Å²) in [7, 11) is 0. The molecule has 0 radical (unpaired) electrons. The minimum absolute atomic E-state index is 0.782. The van der Waals surface area contributed by atoms with Gasteiger partial charge >= 0.3 is 0 Å². The van der Waals surface area contributed by atoms with E-state index in [0.29, 0.717) is 0 Å². The molecule has 1 saturated heterocycles. The second kappa shape index (κ2) is 2.70. The van der Waals surface area contributed by atoms with E-state index in [9.17, 15) is 0 Å². The molecule has 1 heterocycles. The third-order valence-corrected chi connectivity index (χ3v) is 2.28. The highest BCUT2D eigenvalue weighted by molar-refractivity contribution is 4.73. The second-order valence-corrected chi connectivity index (χ2v) is 3.42. The van der Waals surface area contributed by atoms with E-state index in [4.69, 9.17) is 4.74 Å². The van der Waals surface area contributed by atoms with Crippen LogP contribution in [0.3, 0.4) is 0 Å². The van der Waals surface area contributed by atoms with Gasteiger partial charge in [0, 0.05) is 13.2 Å². The van der Waals surface area contributed by atoms with Crippen LogP contribution in [0.25, 0.3) is 0 Å². The summed E-state index contributed by atoms with van der Waals surface area (Å²) in [4.78, 5) is 0. The Balaban J connectivity index is 2.40. The minimum atomic E-state index is 0.782. The van der Waals surface area contributed by atoms with Gasteiger partial charge in [-0.1, -0.05) is 20.8 Å². The fourth-order valence-corrected chi connectivity index (χ4v) is 1.53. The van der Waals surface area contributed by atoms with Gasteiger partial charge in [0.1, 0.15) is 0 Å². The van der Waals surface area contributed by atoms with Crippen LogP contribution >= 0.6 is 0 Å². The normalized spacial score (nSPS) is 36.0. The maximum atomic E-state index is 5.33. The highest BCUT2D eigenvalue weighted by atomic mass is 16.5. The molecule has 1 heteroatoms. The standard InChI is InChI=1S/C8H16O/c1-6(2)8-5-9-4-7(8)3/h6-8H,4-5H2,1-3H3/t7-,8?/m0/s1. The summed E-state index contributed by atoms with van der Waals surface area (Å²) < 4.78 is 5.33. The zero-order valence-corrected chi connectivity index (χ0v) is 6.55. The zero-order chi connectivity index (χ0) is 6.85. The van der Waals surface area contributed by atoms with Crippen molar-refractivity contribution < 1.29 is 4.74 Å². The van der Waals surface area contributed by atoms with Crippen LogP contribution in [0.15, 0.2) is 0 Å². The molecule has 1 aliphatic heterocycles. The summed E-state index contributed by atoms with van der Waals surface area (Å²) >= 11 is 0. The lowest BCUT2D eigenvalue weighted by Crippen LogP contribution is -2.14. The van der Waals surface area contributed by atoms with E-state index in [1.165, 1.54) is 0 Å². The highest BCUT2D eigenvalue weighted by Crippen LogP contribution is 2.26. The smallest absolute Gasteiger partial charge is 0.0500 e. The van der Waals surface area contributed by atoms with Crippen LogP contribution in [0.2, 0.25) is 0 Å². The van der Waals surface area contributed by atoms with Crippen LogP contribution in [0.1, 0.15) is 20.8 Å². The summed E-state index contributed by atoms with van der Waals surface area (Å²) in [5.41, 5.74) is 0. The van der Waals surface area contributed by atoms with Crippen molar-refractivity contribution in [1.82, 2.24) is 0 Å². The molecule has 1 nitrogen and oxygen atoms in total. The van der Waals surface area contributed by atoms with Crippen molar-refractivity contribution >= 4 is 0 Å². The molecule has 0 N–H and O–H groups in total. The molecule has 1 aliphatic rings. The average molecular weight is 128 g/mol. The third-order valence-electron chi connectivity index (χ3n) is 2.28. The van der Waals surface area contributed by atoms with E-state index < -0.39 is 0 Å². The Bertz CT molecular complexity index is 88.6. The Labute approximate surface area is 57.4 Å². The monoisotopic (exact) mass is 128 g/mol. The van der Waals surface area contributed by atoms with E-state index in [1.54, 1.807) is 0 Å². The molecule has 1 fully saturated rings. The maximum Gasteiger partial charge on any atom is 0.0500 e. The first-order valence-corrected chi connectivity index (χ1v) is 3.79. The van der Waals surface area contributed by atoms with Crippen molar-refractivity contribution in [2.45, 2.75) is 20.8 Å². The van der Waals surface area contributed by atoms with Crippen LogP contribution in [-0.2, 0) is 4.74 Å². The van der Waals surface area contributed by atoms with E-state index in [0.717, 1.165) is 31.0 Å². The van der Waals surface area contributed by atoms with E-state index in [1.807, 2.05) is 0 Å². The SMILES string of the molecule is CC(C)C1COC[C@@H]1C. The summed E-state index contributed by atoms with van der Waals surface area (Å²) in [5, 5.41) is 0. The predicted octanol–water partition coefficient (Wildman–Crippen LogP) is 1.92. The van der Waals surface area contributed by atoms with Crippen molar-refractivity contribution in [2.75, 3.05) is 13.2 Å². The van der Waals surface area contributed by atoms with Gasteiger partial charge in [-0.3, -0.25) is 0 Å². The maximum absolute atomic E-state index is 5.33. The summed E-state index contributed by atoms with van der Waals surface area (Å²) in [6, 6.07) is 0. The van der Waals surface area contributed by atoms with Gasteiger partial charge in [0.25, 0.3) is 0 Å². The van der Waals surface area contributed by atoms with E-state index in [2.05, 4.69) is 20.8 Å². The number of ether oxygens (including phenoxy) is 1. The van der Waals surface area contributed by atoms with Crippen molar-refractivity contribution in [3.05, 3.63) is 0 Å². The summed E-state index contributed by atoms with van der Waals surface area (Å²) in [6.07, 6.45) is 0. The van der Waals surface area contributed by atoms with Crippen molar-refractivity contribution in [3.63, 3.8) is 0 Å². The molecule has 0 aliphatic carbocycles. The molecule has 9 heavy (non-hydrogen) atoms. The van der Waals surface area contributed by atoms with Gasteiger partial charge in [0.15, 0.2) is 0 Å². The molecule has 0 spiro atoms. The van der Waals surface area contributed by atoms with Crippen molar-refractivity contribution in [3.8, 4) is 0 Å². The minimum Gasteiger partial charge on any atom is -0.381 e. The topological polar surface area (TPSA) is 9.23 Å². The van der Waals surface area contributed by atoms with Crippen LogP contribution < -0.4 is 0 Å². The molecule has 2 atom stereocenters. The van der Waals surface area contributed by atoms with Crippen LogP contribution in [-0.4, -0.2) is 13.2 Å². The van der Waals surface area contributed by atoms with Crippen molar-refractivity contribution in [2.24, 2.45) is 17.8 Å². The summed E-state index contributed by atoms with van der Waals surface area (Å²) in [6.45, 7) is 8.78. The average Bonchev–Trinajstić information content (AvgIpc) is 2.13. The van der Waals surface area contributed by atoms with Crippen LogP contribution in [0.4, 0.5) is 0 Å². The van der Waals surface area contributed by atoms with Gasteiger partial charge in [-0.25, -0.2) is 0 Å². The Morgan fingerprint density at radius 1 is 1.33 bits per heavy atom. The number of rotatable bonds is 1. The highest BCUT2D eigenvalue weighted by Gasteiger charge is 2.26. The lowest BCUT2D eigenvalue weighted by atomic mass is 9.88. The van der Waals surface area contributed by atoms with Crippen molar-refractivity contribution in [1.29, 1.82) is 0 Å². The Kier molecular flexibility index (Phi) is 2.12. The first-order valence-electron chi connectivity index (χ1n) is 3.79. The largest absolute Gasteiger partial charge is 0.381 e. The molecule has 0 bridgehead atoms. The molecule has 0 amide bonds. The van der Waals surface area contributed by atoms with Gasteiger partial charge in [-0.15, -0.1) is 0 Å². The fourth-order valence-electron chi connectivity index (χ4n) is 1.53. The van der Waals surface area contributed by atoms with Gasteiger partial charge in [-0.2, -0.15) is 0 Å². The lowest BCUT2D eigenvalue weighted by molar-refractivity contribution is 0.175. The van der Waals surface area contributed by atoms with Gasteiger partial charge < -0.3 is 4.74 Å². The predicted molar refractivity (Wildman–Crippen MR) is 38.3 cm³/mol. The molecule has 0 aromatic carbocycles. The molecular formula is C8H16O. The Morgan fingerprint density at radius 3 is 2.22 bits per heavy atom. The molecular weight excluding hydrogens is 112 g/mol. The lowest BCUT2D eigenvalue weighted by Gasteiger charge is -2.16. The van der Waals surface area contributed by atoms with Gasteiger partial charge in [0.05, 0.1) is 0 Å². The van der Waals surface area contributed by atoms with E-state index in [-0.39, 0.29) is 0 Å². The first-order chi connectivity index (χ1) is 4.22. The quantitative estimate of drug-likeness (QED) is 0.524. The molecule has 0 aromatic rings. The van der Waals surface area contributed by atoms with E-state index >= 15 is 0 Å². The third kappa shape index (κ3) is 1.45. The van der Waals surface area contributed by atoms with Crippen LogP contribution in [0.5, 0.6) is 0 Å². The summed E-state index contributed by atoms with van der Waals surface area (Å²) in [5.74, 6) is 2.39.